The van der Waals surface area contributed by atoms with E-state index in [9.17, 15) is 0 Å². The van der Waals surface area contributed by atoms with Crippen molar-refractivity contribution in [2.45, 2.75) is 19.3 Å². The molecule has 1 aliphatic rings. The van der Waals surface area contributed by atoms with E-state index in [1.54, 1.807) is 0 Å². The molecular formula is C51H32O. The average molecular weight is 661 g/mol. The highest BCUT2D eigenvalue weighted by molar-refractivity contribution is 6.27. The first-order chi connectivity index (χ1) is 25.5. The minimum absolute atomic E-state index is 0.128. The summed E-state index contributed by atoms with van der Waals surface area (Å²) in [6, 6.07) is 58.7. The Morgan fingerprint density at radius 1 is 0.365 bits per heavy atom. The third-order valence-electron chi connectivity index (χ3n) is 12.2. The molecule has 0 aliphatic heterocycles. The van der Waals surface area contributed by atoms with Crippen molar-refractivity contribution in [2.24, 2.45) is 0 Å². The van der Waals surface area contributed by atoms with Crippen LogP contribution in [-0.2, 0) is 5.41 Å². The summed E-state index contributed by atoms with van der Waals surface area (Å²) in [5, 5.41) is 15.1. The SMILES string of the molecule is CC1(C)c2cc(-c3ccc(-c4ccc5ccc6cccc7ccc4c5c67)c4c3oc3cc5ccccc5cc34)ccc2-c2cc3ccccc3cc21. The van der Waals surface area contributed by atoms with Gasteiger partial charge in [0.05, 0.1) is 0 Å². The molecule has 12 rings (SSSR count). The van der Waals surface area contributed by atoms with Crippen molar-refractivity contribution < 1.29 is 4.42 Å². The van der Waals surface area contributed by atoms with Gasteiger partial charge in [-0.05, 0) is 129 Å². The van der Waals surface area contributed by atoms with Gasteiger partial charge < -0.3 is 4.42 Å². The molecule has 11 aromatic rings. The Morgan fingerprint density at radius 2 is 0.942 bits per heavy atom. The summed E-state index contributed by atoms with van der Waals surface area (Å²) in [6.07, 6.45) is 0. The third-order valence-corrected chi connectivity index (χ3v) is 12.2. The van der Waals surface area contributed by atoms with Crippen molar-refractivity contribution in [2.75, 3.05) is 0 Å². The largest absolute Gasteiger partial charge is 0.455 e. The first-order valence-corrected chi connectivity index (χ1v) is 18.2. The fourth-order valence-electron chi connectivity index (χ4n) is 9.58. The fourth-order valence-corrected chi connectivity index (χ4v) is 9.58. The molecular weight excluding hydrogens is 629 g/mol. The molecule has 1 nitrogen and oxygen atoms in total. The minimum Gasteiger partial charge on any atom is -0.455 e. The Bertz CT molecular complexity index is 3300. The highest BCUT2D eigenvalue weighted by Crippen LogP contribution is 2.52. The van der Waals surface area contributed by atoms with Gasteiger partial charge in [-0.15, -0.1) is 0 Å². The molecule has 0 bridgehead atoms. The maximum Gasteiger partial charge on any atom is 0.143 e. The molecule has 1 heterocycles. The lowest BCUT2D eigenvalue weighted by Crippen LogP contribution is -2.15. The van der Waals surface area contributed by atoms with Gasteiger partial charge in [0.2, 0.25) is 0 Å². The zero-order valence-corrected chi connectivity index (χ0v) is 28.9. The van der Waals surface area contributed by atoms with Crippen molar-refractivity contribution in [3.05, 3.63) is 169 Å². The van der Waals surface area contributed by atoms with Crippen LogP contribution in [0.2, 0.25) is 0 Å². The lowest BCUT2D eigenvalue weighted by atomic mass is 9.81. The van der Waals surface area contributed by atoms with Crippen molar-refractivity contribution in [3.63, 3.8) is 0 Å². The van der Waals surface area contributed by atoms with Gasteiger partial charge in [0.25, 0.3) is 0 Å². The van der Waals surface area contributed by atoms with Gasteiger partial charge in [0.1, 0.15) is 11.2 Å². The summed E-state index contributed by atoms with van der Waals surface area (Å²) in [5.41, 5.74) is 11.9. The Morgan fingerprint density at radius 3 is 1.73 bits per heavy atom. The molecule has 0 N–H and O–H groups in total. The molecule has 0 unspecified atom stereocenters. The minimum atomic E-state index is -0.128. The van der Waals surface area contributed by atoms with Gasteiger partial charge in [-0.3, -0.25) is 0 Å². The average Bonchev–Trinajstić information content (AvgIpc) is 3.66. The Balaban J connectivity index is 1.14. The molecule has 0 saturated carbocycles. The predicted octanol–water partition coefficient (Wildman–Crippen LogP) is 14.4. The topological polar surface area (TPSA) is 13.1 Å². The predicted molar refractivity (Wildman–Crippen MR) is 221 cm³/mol. The van der Waals surface area contributed by atoms with E-state index in [4.69, 9.17) is 4.42 Å². The summed E-state index contributed by atoms with van der Waals surface area (Å²) >= 11 is 0. The van der Waals surface area contributed by atoms with Gasteiger partial charge in [-0.25, -0.2) is 0 Å². The van der Waals surface area contributed by atoms with E-state index in [0.29, 0.717) is 0 Å². The van der Waals surface area contributed by atoms with Gasteiger partial charge >= 0.3 is 0 Å². The van der Waals surface area contributed by atoms with E-state index in [-0.39, 0.29) is 5.41 Å². The van der Waals surface area contributed by atoms with Gasteiger partial charge in [0.15, 0.2) is 0 Å². The van der Waals surface area contributed by atoms with E-state index in [0.717, 1.165) is 22.1 Å². The van der Waals surface area contributed by atoms with Gasteiger partial charge in [-0.2, -0.15) is 0 Å². The Labute approximate surface area is 300 Å². The van der Waals surface area contributed by atoms with Crippen LogP contribution < -0.4 is 0 Å². The zero-order valence-electron chi connectivity index (χ0n) is 28.9. The number of fused-ring (bicyclic) bond motifs is 8. The number of rotatable bonds is 2. The van der Waals surface area contributed by atoms with Crippen LogP contribution in [0.15, 0.2) is 162 Å². The Kier molecular flexibility index (Phi) is 5.37. The monoisotopic (exact) mass is 660 g/mol. The summed E-state index contributed by atoms with van der Waals surface area (Å²) in [6.45, 7) is 4.74. The van der Waals surface area contributed by atoms with Crippen molar-refractivity contribution >= 4 is 75.8 Å². The molecule has 0 atom stereocenters. The highest BCUT2D eigenvalue weighted by Gasteiger charge is 2.36. The van der Waals surface area contributed by atoms with E-state index in [1.807, 2.05) is 0 Å². The lowest BCUT2D eigenvalue weighted by Gasteiger charge is -2.22. The van der Waals surface area contributed by atoms with Crippen LogP contribution in [0.1, 0.15) is 25.0 Å². The lowest BCUT2D eigenvalue weighted by molar-refractivity contribution is 0.661. The molecule has 0 fully saturated rings. The van der Waals surface area contributed by atoms with Crippen LogP contribution >= 0.6 is 0 Å². The molecule has 1 aromatic heterocycles. The first-order valence-electron chi connectivity index (χ1n) is 18.2. The quantitative estimate of drug-likeness (QED) is 0.168. The van der Waals surface area contributed by atoms with Crippen molar-refractivity contribution in [1.82, 2.24) is 0 Å². The van der Waals surface area contributed by atoms with Gasteiger partial charge in [0, 0.05) is 21.8 Å². The van der Waals surface area contributed by atoms with E-state index >= 15 is 0 Å². The van der Waals surface area contributed by atoms with E-state index in [1.165, 1.54) is 98.2 Å². The second-order valence-corrected chi connectivity index (χ2v) is 15.3. The summed E-state index contributed by atoms with van der Waals surface area (Å²) in [4.78, 5) is 0. The summed E-state index contributed by atoms with van der Waals surface area (Å²) < 4.78 is 7.02. The number of hydrogen-bond donors (Lipinski definition) is 0. The summed E-state index contributed by atoms with van der Waals surface area (Å²) in [7, 11) is 0. The van der Waals surface area contributed by atoms with Crippen molar-refractivity contribution in [3.8, 4) is 33.4 Å². The molecule has 52 heavy (non-hydrogen) atoms. The zero-order chi connectivity index (χ0) is 34.3. The number of hydrogen-bond acceptors (Lipinski definition) is 1. The maximum absolute atomic E-state index is 7.02. The molecule has 0 spiro atoms. The van der Waals surface area contributed by atoms with Crippen LogP contribution in [0.5, 0.6) is 0 Å². The van der Waals surface area contributed by atoms with Gasteiger partial charge in [-0.1, -0.05) is 135 Å². The number of furan rings is 1. The van der Waals surface area contributed by atoms with Crippen LogP contribution in [0.25, 0.3) is 109 Å². The number of benzene rings is 10. The third kappa shape index (κ3) is 3.67. The highest BCUT2D eigenvalue weighted by atomic mass is 16.3. The maximum atomic E-state index is 7.02. The van der Waals surface area contributed by atoms with Crippen LogP contribution in [-0.4, -0.2) is 0 Å². The van der Waals surface area contributed by atoms with E-state index < -0.39 is 0 Å². The summed E-state index contributed by atoms with van der Waals surface area (Å²) in [5.74, 6) is 0. The molecule has 1 aliphatic carbocycles. The molecule has 1 heteroatoms. The van der Waals surface area contributed by atoms with Crippen molar-refractivity contribution in [1.29, 1.82) is 0 Å². The Hall–Kier alpha value is -6.44. The molecule has 0 saturated heterocycles. The standard InChI is InChI=1S/C51H32O/c1-51(2)44-27-36(18-20-39(44)42-24-32-8-3-5-10-34(32)26-45(42)51)37-22-23-41(49-43-25-33-9-4-6-11-35(33)28-46(43)52-50(37)49)38-19-16-31-15-14-29-12-7-13-30-17-21-40(38)48(31)47(29)30/h3-28H,1-2H3. The first kappa shape index (κ1) is 28.3. The van der Waals surface area contributed by atoms with Crippen LogP contribution in [0, 0.1) is 0 Å². The second-order valence-electron chi connectivity index (χ2n) is 15.3. The second kappa shape index (κ2) is 9.87. The smallest absolute Gasteiger partial charge is 0.143 e. The molecule has 242 valence electrons. The van der Waals surface area contributed by atoms with Crippen LogP contribution in [0.4, 0.5) is 0 Å². The van der Waals surface area contributed by atoms with Crippen LogP contribution in [0.3, 0.4) is 0 Å². The molecule has 10 aromatic carbocycles. The van der Waals surface area contributed by atoms with E-state index in [2.05, 4.69) is 172 Å². The fraction of sp³-hybridized carbons (Fsp3) is 0.0588. The molecule has 0 radical (unpaired) electrons. The normalized spacial score (nSPS) is 13.7. The molecule has 0 amide bonds.